The van der Waals surface area contributed by atoms with Crippen LogP contribution in [0, 0.1) is 34.0 Å². The molecule has 0 aliphatic heterocycles. The SMILES string of the molecule is C=CCC(C#N)(C#N)C1=CCCCC1C(C=Cc1ccccc1OC)c1ccccc1OC. The monoisotopic (exact) mass is 438 g/mol. The van der Waals surface area contributed by atoms with Gasteiger partial charge in [0.25, 0.3) is 0 Å². The first-order valence-electron chi connectivity index (χ1n) is 11.2. The number of nitrogens with zero attached hydrogens (tertiary/aromatic N) is 2. The van der Waals surface area contributed by atoms with E-state index in [4.69, 9.17) is 9.47 Å². The van der Waals surface area contributed by atoms with E-state index < -0.39 is 5.41 Å². The van der Waals surface area contributed by atoms with Crippen molar-refractivity contribution in [2.45, 2.75) is 31.6 Å². The summed E-state index contributed by atoms with van der Waals surface area (Å²) >= 11 is 0. The largest absolute Gasteiger partial charge is 0.496 e. The molecule has 168 valence electrons. The maximum atomic E-state index is 10.1. The third-order valence-corrected chi connectivity index (χ3v) is 6.36. The highest BCUT2D eigenvalue weighted by Crippen LogP contribution is 2.48. The van der Waals surface area contributed by atoms with Gasteiger partial charge in [0, 0.05) is 23.5 Å². The molecule has 1 aliphatic rings. The van der Waals surface area contributed by atoms with Crippen molar-refractivity contribution in [3.8, 4) is 23.6 Å². The highest BCUT2D eigenvalue weighted by atomic mass is 16.5. The first kappa shape index (κ1) is 23.9. The van der Waals surface area contributed by atoms with E-state index in [-0.39, 0.29) is 11.8 Å². The molecule has 2 atom stereocenters. The molecule has 4 nitrogen and oxygen atoms in total. The first-order valence-corrected chi connectivity index (χ1v) is 11.2. The molecule has 0 heterocycles. The van der Waals surface area contributed by atoms with Crippen molar-refractivity contribution in [1.29, 1.82) is 10.5 Å². The first-order chi connectivity index (χ1) is 16.1. The fourth-order valence-corrected chi connectivity index (χ4v) is 4.75. The Balaban J connectivity index is 2.16. The lowest BCUT2D eigenvalue weighted by Gasteiger charge is -2.36. The van der Waals surface area contributed by atoms with Gasteiger partial charge in [0.15, 0.2) is 5.41 Å². The zero-order valence-corrected chi connectivity index (χ0v) is 19.3. The molecule has 0 saturated carbocycles. The summed E-state index contributed by atoms with van der Waals surface area (Å²) in [4.78, 5) is 0. The second-order valence-electron chi connectivity index (χ2n) is 8.19. The van der Waals surface area contributed by atoms with E-state index in [0.717, 1.165) is 47.5 Å². The van der Waals surface area contributed by atoms with Gasteiger partial charge >= 0.3 is 0 Å². The molecule has 2 unspecified atom stereocenters. The summed E-state index contributed by atoms with van der Waals surface area (Å²) in [7, 11) is 3.33. The number of methoxy groups -OCH3 is 2. The van der Waals surface area contributed by atoms with Gasteiger partial charge < -0.3 is 9.47 Å². The zero-order valence-electron chi connectivity index (χ0n) is 19.3. The Morgan fingerprint density at radius 3 is 2.39 bits per heavy atom. The van der Waals surface area contributed by atoms with E-state index in [2.05, 4.69) is 43.0 Å². The van der Waals surface area contributed by atoms with Crippen LogP contribution in [0.25, 0.3) is 6.08 Å². The Kier molecular flexibility index (Phi) is 8.11. The van der Waals surface area contributed by atoms with Crippen molar-refractivity contribution in [3.63, 3.8) is 0 Å². The maximum Gasteiger partial charge on any atom is 0.168 e. The van der Waals surface area contributed by atoms with Gasteiger partial charge in [-0.1, -0.05) is 60.7 Å². The molecule has 0 aromatic heterocycles. The average molecular weight is 439 g/mol. The van der Waals surface area contributed by atoms with Crippen molar-refractivity contribution < 1.29 is 9.47 Å². The standard InChI is InChI=1S/C29H30N2O2/c1-4-19-29(20-30,21-31)26-14-8-6-12-24(26)23(25-13-7-10-16-28(25)33-3)18-17-22-11-5-9-15-27(22)32-2/h4-5,7,9-11,13-18,23-24H,1,6,8,12,19H2,2-3H3. The summed E-state index contributed by atoms with van der Waals surface area (Å²) in [6.45, 7) is 3.81. The highest BCUT2D eigenvalue weighted by molar-refractivity contribution is 5.59. The molecule has 0 amide bonds. The Labute approximate surface area is 197 Å². The van der Waals surface area contributed by atoms with Gasteiger partial charge in [-0.25, -0.2) is 0 Å². The van der Waals surface area contributed by atoms with Crippen LogP contribution in [0.4, 0.5) is 0 Å². The quantitative estimate of drug-likeness (QED) is 0.402. The lowest BCUT2D eigenvalue weighted by Crippen LogP contribution is -2.29. The Morgan fingerprint density at radius 1 is 1.06 bits per heavy atom. The van der Waals surface area contributed by atoms with Crippen LogP contribution in [0.3, 0.4) is 0 Å². The molecule has 2 aromatic rings. The zero-order chi connectivity index (χ0) is 23.7. The smallest absolute Gasteiger partial charge is 0.168 e. The number of benzene rings is 2. The summed E-state index contributed by atoms with van der Waals surface area (Å²) in [5, 5.41) is 20.2. The van der Waals surface area contributed by atoms with E-state index in [9.17, 15) is 10.5 Å². The molecule has 4 heteroatoms. The highest BCUT2D eigenvalue weighted by Gasteiger charge is 2.41. The number of ether oxygens (including phenoxy) is 2. The van der Waals surface area contributed by atoms with E-state index in [1.165, 1.54) is 0 Å². The lowest BCUT2D eigenvalue weighted by atomic mass is 9.65. The summed E-state index contributed by atoms with van der Waals surface area (Å²) in [5.41, 5.74) is 1.68. The van der Waals surface area contributed by atoms with Gasteiger partial charge in [-0.05, 0) is 42.9 Å². The number of rotatable bonds is 9. The van der Waals surface area contributed by atoms with E-state index in [0.29, 0.717) is 6.42 Å². The molecule has 33 heavy (non-hydrogen) atoms. The summed E-state index contributed by atoms with van der Waals surface area (Å²) in [6, 6.07) is 20.5. The number of allylic oxidation sites excluding steroid dienone is 4. The van der Waals surface area contributed by atoms with E-state index >= 15 is 0 Å². The number of para-hydroxylation sites is 2. The van der Waals surface area contributed by atoms with E-state index in [1.54, 1.807) is 20.3 Å². The number of hydrogen-bond donors (Lipinski definition) is 0. The number of hydrogen-bond acceptors (Lipinski definition) is 4. The Bertz CT molecular complexity index is 1100. The summed E-state index contributed by atoms with van der Waals surface area (Å²) in [6.07, 6.45) is 11.0. The Morgan fingerprint density at radius 2 is 1.73 bits per heavy atom. The van der Waals surface area contributed by atoms with Crippen molar-refractivity contribution in [1.82, 2.24) is 0 Å². The third-order valence-electron chi connectivity index (χ3n) is 6.36. The molecule has 0 spiro atoms. The molecule has 2 aromatic carbocycles. The second kappa shape index (κ2) is 11.2. The number of nitriles is 2. The fourth-order valence-electron chi connectivity index (χ4n) is 4.75. The van der Waals surface area contributed by atoms with Crippen molar-refractivity contribution in [2.75, 3.05) is 14.2 Å². The van der Waals surface area contributed by atoms with Crippen molar-refractivity contribution in [3.05, 3.63) is 90.0 Å². The lowest BCUT2D eigenvalue weighted by molar-refractivity contribution is 0.380. The predicted octanol–water partition coefficient (Wildman–Crippen LogP) is 6.84. The fraction of sp³-hybridized carbons (Fsp3) is 0.310. The predicted molar refractivity (Wildman–Crippen MR) is 132 cm³/mol. The maximum absolute atomic E-state index is 10.1. The molecule has 0 N–H and O–H groups in total. The van der Waals surface area contributed by atoms with Crippen LogP contribution in [-0.2, 0) is 0 Å². The molecule has 0 saturated heterocycles. The van der Waals surface area contributed by atoms with Gasteiger partial charge in [0.05, 0.1) is 26.4 Å². The summed E-state index contributed by atoms with van der Waals surface area (Å²) < 4.78 is 11.2. The van der Waals surface area contributed by atoms with Gasteiger partial charge in [0.1, 0.15) is 11.5 Å². The minimum Gasteiger partial charge on any atom is -0.496 e. The molecular formula is C29H30N2O2. The average Bonchev–Trinajstić information content (AvgIpc) is 2.88. The molecule has 0 radical (unpaired) electrons. The Hall–Kier alpha value is -3.76. The normalized spacial score (nSPS) is 16.8. The van der Waals surface area contributed by atoms with Gasteiger partial charge in [0.2, 0.25) is 0 Å². The minimum atomic E-state index is -1.22. The second-order valence-corrected chi connectivity index (χ2v) is 8.19. The van der Waals surface area contributed by atoms with Crippen LogP contribution in [0.15, 0.2) is 78.9 Å². The van der Waals surface area contributed by atoms with Gasteiger partial charge in [-0.2, -0.15) is 10.5 Å². The minimum absolute atomic E-state index is 0.0137. The van der Waals surface area contributed by atoms with Crippen LogP contribution >= 0.6 is 0 Å². The van der Waals surface area contributed by atoms with Gasteiger partial charge in [-0.3, -0.25) is 0 Å². The van der Waals surface area contributed by atoms with Crippen molar-refractivity contribution in [2.24, 2.45) is 11.3 Å². The van der Waals surface area contributed by atoms with Crippen molar-refractivity contribution >= 4 is 6.08 Å². The van der Waals surface area contributed by atoms with Crippen LogP contribution in [-0.4, -0.2) is 14.2 Å². The molecule has 0 fully saturated rings. The third kappa shape index (κ3) is 5.02. The van der Waals surface area contributed by atoms with E-state index in [1.807, 2.05) is 42.5 Å². The molecule has 3 rings (SSSR count). The van der Waals surface area contributed by atoms with Crippen LogP contribution in [0.1, 0.15) is 42.7 Å². The van der Waals surface area contributed by atoms with Gasteiger partial charge in [-0.15, -0.1) is 6.58 Å². The molecular weight excluding hydrogens is 408 g/mol. The van der Waals surface area contributed by atoms with Crippen LogP contribution < -0.4 is 9.47 Å². The summed E-state index contributed by atoms with van der Waals surface area (Å²) in [5.74, 6) is 1.49. The van der Waals surface area contributed by atoms with Crippen LogP contribution in [0.5, 0.6) is 11.5 Å². The molecule has 0 bridgehead atoms. The topological polar surface area (TPSA) is 66.0 Å². The molecule has 1 aliphatic carbocycles. The van der Waals surface area contributed by atoms with Crippen LogP contribution in [0.2, 0.25) is 0 Å².